The van der Waals surface area contributed by atoms with E-state index in [0.717, 1.165) is 16.7 Å². The summed E-state index contributed by atoms with van der Waals surface area (Å²) in [4.78, 5) is 16.2. The lowest BCUT2D eigenvalue weighted by atomic mass is 10.2. The molecule has 0 fully saturated rings. The van der Waals surface area contributed by atoms with E-state index in [0.29, 0.717) is 5.39 Å². The highest BCUT2D eigenvalue weighted by molar-refractivity contribution is 5.94. The van der Waals surface area contributed by atoms with Crippen LogP contribution in [0.15, 0.2) is 48.7 Å². The molecule has 4 nitrogen and oxygen atoms in total. The van der Waals surface area contributed by atoms with Crippen LogP contribution in [0.25, 0.3) is 11.0 Å². The van der Waals surface area contributed by atoms with Crippen molar-refractivity contribution >= 4 is 16.9 Å². The highest BCUT2D eigenvalue weighted by Gasteiger charge is 2.36. The first-order valence-corrected chi connectivity index (χ1v) is 7.84. The number of halogens is 4. The first-order chi connectivity index (χ1) is 12.3. The first kappa shape index (κ1) is 17.9. The van der Waals surface area contributed by atoms with E-state index < -0.39 is 29.6 Å². The smallest absolute Gasteiger partial charge is 0.348 e. The van der Waals surface area contributed by atoms with Crippen molar-refractivity contribution in [3.63, 3.8) is 0 Å². The summed E-state index contributed by atoms with van der Waals surface area (Å²) in [6.45, 7) is 1.39. The van der Waals surface area contributed by atoms with E-state index in [1.165, 1.54) is 30.5 Å². The Balaban J connectivity index is 1.86. The van der Waals surface area contributed by atoms with E-state index in [-0.39, 0.29) is 17.8 Å². The van der Waals surface area contributed by atoms with Crippen molar-refractivity contribution in [3.05, 3.63) is 65.7 Å². The standard InChI is InChI=1S/C18H15F4N3O/c1-11(24-17(26)13-6-2-3-7-14(13)19)10-25-15(18(20,21)22)9-12-5-4-8-23-16(12)25/h2-9,11H,10H2,1H3,(H,24,26)/t11-/m1/s1. The van der Waals surface area contributed by atoms with Crippen molar-refractivity contribution < 1.29 is 22.4 Å². The van der Waals surface area contributed by atoms with Crippen molar-refractivity contribution in [2.24, 2.45) is 0 Å². The molecular formula is C18H15F4N3O. The molecule has 0 radical (unpaired) electrons. The van der Waals surface area contributed by atoms with Crippen LogP contribution in [-0.4, -0.2) is 21.5 Å². The summed E-state index contributed by atoms with van der Waals surface area (Å²) in [7, 11) is 0. The second-order valence-electron chi connectivity index (χ2n) is 5.91. The van der Waals surface area contributed by atoms with Gasteiger partial charge in [-0.1, -0.05) is 12.1 Å². The van der Waals surface area contributed by atoms with E-state index in [2.05, 4.69) is 10.3 Å². The molecule has 0 bridgehead atoms. The normalized spacial score (nSPS) is 13.0. The molecule has 3 rings (SSSR count). The molecule has 3 aromatic rings. The van der Waals surface area contributed by atoms with Gasteiger partial charge in [-0.2, -0.15) is 13.2 Å². The summed E-state index contributed by atoms with van der Waals surface area (Å²) in [6.07, 6.45) is -3.16. The molecule has 2 heterocycles. The van der Waals surface area contributed by atoms with E-state index >= 15 is 0 Å². The zero-order chi connectivity index (χ0) is 18.9. The largest absolute Gasteiger partial charge is 0.431 e. The SMILES string of the molecule is C[C@H](Cn1c(C(F)(F)F)cc2cccnc21)NC(=O)c1ccccc1F. The van der Waals surface area contributed by atoms with Crippen LogP contribution in [0.4, 0.5) is 17.6 Å². The Morgan fingerprint density at radius 1 is 1.23 bits per heavy atom. The first-order valence-electron chi connectivity index (χ1n) is 7.84. The molecule has 8 heteroatoms. The van der Waals surface area contributed by atoms with Crippen molar-refractivity contribution in [3.8, 4) is 0 Å². The lowest BCUT2D eigenvalue weighted by molar-refractivity contribution is -0.143. The van der Waals surface area contributed by atoms with Crippen molar-refractivity contribution in [1.82, 2.24) is 14.9 Å². The summed E-state index contributed by atoms with van der Waals surface area (Å²) >= 11 is 0. The number of fused-ring (bicyclic) bond motifs is 1. The summed E-state index contributed by atoms with van der Waals surface area (Å²) in [5, 5.41) is 2.88. The third-order valence-electron chi connectivity index (χ3n) is 3.90. The topological polar surface area (TPSA) is 46.9 Å². The molecule has 1 atom stereocenters. The number of carbonyl (C=O) groups is 1. The minimum Gasteiger partial charge on any atom is -0.348 e. The van der Waals surface area contributed by atoms with Crippen LogP contribution in [0.3, 0.4) is 0 Å². The Bertz CT molecular complexity index is 949. The highest BCUT2D eigenvalue weighted by Crippen LogP contribution is 2.33. The molecule has 1 N–H and O–H groups in total. The van der Waals surface area contributed by atoms with Crippen LogP contribution < -0.4 is 5.32 Å². The Kier molecular flexibility index (Phi) is 4.67. The zero-order valence-electron chi connectivity index (χ0n) is 13.7. The molecule has 1 amide bonds. The van der Waals surface area contributed by atoms with Gasteiger partial charge in [-0.05, 0) is 37.3 Å². The number of hydrogen-bond donors (Lipinski definition) is 1. The maximum absolute atomic E-state index is 13.7. The number of benzene rings is 1. The van der Waals surface area contributed by atoms with Crippen LogP contribution in [0.5, 0.6) is 0 Å². The number of alkyl halides is 3. The molecule has 136 valence electrons. The Labute approximate surface area is 146 Å². The lowest BCUT2D eigenvalue weighted by Crippen LogP contribution is -2.36. The molecule has 0 unspecified atom stereocenters. The quantitative estimate of drug-likeness (QED) is 0.710. The predicted octanol–water partition coefficient (Wildman–Crippen LogP) is 4.01. The van der Waals surface area contributed by atoms with E-state index in [1.807, 2.05) is 0 Å². The predicted molar refractivity (Wildman–Crippen MR) is 88.1 cm³/mol. The number of amides is 1. The number of nitrogens with one attached hydrogen (secondary N) is 1. The fourth-order valence-electron chi connectivity index (χ4n) is 2.77. The van der Waals surface area contributed by atoms with Crippen molar-refractivity contribution in [2.75, 3.05) is 0 Å². The number of pyridine rings is 1. The number of hydrogen-bond acceptors (Lipinski definition) is 2. The second-order valence-corrected chi connectivity index (χ2v) is 5.91. The molecule has 2 aromatic heterocycles. The van der Waals surface area contributed by atoms with Gasteiger partial charge in [0.1, 0.15) is 17.2 Å². The van der Waals surface area contributed by atoms with Crippen LogP contribution >= 0.6 is 0 Å². The van der Waals surface area contributed by atoms with Crippen LogP contribution in [-0.2, 0) is 12.7 Å². The average Bonchev–Trinajstić information content (AvgIpc) is 2.94. The summed E-state index contributed by atoms with van der Waals surface area (Å²) in [5.74, 6) is -1.38. The molecule has 0 aliphatic rings. The van der Waals surface area contributed by atoms with Gasteiger partial charge in [0, 0.05) is 24.2 Å². The van der Waals surface area contributed by atoms with E-state index in [4.69, 9.17) is 0 Å². The summed E-state index contributed by atoms with van der Waals surface area (Å²) < 4.78 is 54.7. The molecule has 26 heavy (non-hydrogen) atoms. The second kappa shape index (κ2) is 6.78. The molecule has 0 saturated carbocycles. The Hall–Kier alpha value is -2.90. The van der Waals surface area contributed by atoms with Gasteiger partial charge in [0.2, 0.25) is 0 Å². The summed E-state index contributed by atoms with van der Waals surface area (Å²) in [6, 6.07) is 8.84. The number of rotatable bonds is 4. The highest BCUT2D eigenvalue weighted by atomic mass is 19.4. The zero-order valence-corrected chi connectivity index (χ0v) is 13.7. The molecule has 0 saturated heterocycles. The minimum atomic E-state index is -4.56. The third kappa shape index (κ3) is 3.54. The lowest BCUT2D eigenvalue weighted by Gasteiger charge is -2.18. The Morgan fingerprint density at radius 3 is 2.65 bits per heavy atom. The Morgan fingerprint density at radius 2 is 1.96 bits per heavy atom. The van der Waals surface area contributed by atoms with Gasteiger partial charge in [0.25, 0.3) is 5.91 Å². The fraction of sp³-hybridized carbons (Fsp3) is 0.222. The molecule has 0 spiro atoms. The molecular weight excluding hydrogens is 350 g/mol. The fourth-order valence-corrected chi connectivity index (χ4v) is 2.77. The van der Waals surface area contributed by atoms with Gasteiger partial charge in [-0.25, -0.2) is 9.37 Å². The summed E-state index contributed by atoms with van der Waals surface area (Å²) in [5.41, 5.74) is -0.837. The molecule has 0 aliphatic heterocycles. The van der Waals surface area contributed by atoms with Gasteiger partial charge >= 0.3 is 6.18 Å². The van der Waals surface area contributed by atoms with Crippen molar-refractivity contribution in [2.45, 2.75) is 25.7 Å². The van der Waals surface area contributed by atoms with Gasteiger partial charge in [-0.3, -0.25) is 4.79 Å². The van der Waals surface area contributed by atoms with Crippen LogP contribution in [0.2, 0.25) is 0 Å². The van der Waals surface area contributed by atoms with Gasteiger partial charge in [0.15, 0.2) is 0 Å². The van der Waals surface area contributed by atoms with Crippen LogP contribution in [0, 0.1) is 5.82 Å². The number of aromatic nitrogens is 2. The maximum atomic E-state index is 13.7. The van der Waals surface area contributed by atoms with Gasteiger partial charge in [-0.15, -0.1) is 0 Å². The number of nitrogens with zero attached hydrogens (tertiary/aromatic N) is 2. The third-order valence-corrected chi connectivity index (χ3v) is 3.90. The van der Waals surface area contributed by atoms with Gasteiger partial charge < -0.3 is 9.88 Å². The maximum Gasteiger partial charge on any atom is 0.431 e. The minimum absolute atomic E-state index is 0.157. The number of carbonyl (C=O) groups excluding carboxylic acids is 1. The van der Waals surface area contributed by atoms with E-state index in [1.54, 1.807) is 13.0 Å². The van der Waals surface area contributed by atoms with Crippen molar-refractivity contribution in [1.29, 1.82) is 0 Å². The van der Waals surface area contributed by atoms with Gasteiger partial charge in [0.05, 0.1) is 5.56 Å². The van der Waals surface area contributed by atoms with Crippen LogP contribution in [0.1, 0.15) is 23.0 Å². The molecule has 1 aromatic carbocycles. The average molecular weight is 365 g/mol. The van der Waals surface area contributed by atoms with E-state index in [9.17, 15) is 22.4 Å². The monoisotopic (exact) mass is 365 g/mol. The molecule has 0 aliphatic carbocycles.